The Kier molecular flexibility index (Phi) is 4.54. The largest absolute Gasteiger partial charge is 0.382 e. The molecular weight excluding hydrogens is 334 g/mol. The van der Waals surface area contributed by atoms with Gasteiger partial charge in [-0.1, -0.05) is 13.8 Å². The van der Waals surface area contributed by atoms with E-state index >= 15 is 0 Å². The van der Waals surface area contributed by atoms with Crippen molar-refractivity contribution in [2.24, 2.45) is 5.92 Å². The van der Waals surface area contributed by atoms with Crippen LogP contribution in [0.15, 0.2) is 0 Å². The molecule has 7 heteroatoms. The second-order valence-corrected chi connectivity index (χ2v) is 9.17. The molecule has 0 radical (unpaired) electrons. The minimum Gasteiger partial charge on any atom is -0.382 e. The summed E-state index contributed by atoms with van der Waals surface area (Å²) < 4.78 is 16.6. The minimum atomic E-state index is -0.878. The molecule has 25 heavy (non-hydrogen) atoms. The van der Waals surface area contributed by atoms with Gasteiger partial charge in [-0.25, -0.2) is 18.5 Å². The van der Waals surface area contributed by atoms with Crippen LogP contribution in [-0.2, 0) is 36.9 Å². The molecule has 0 amide bonds. The Morgan fingerprint density at radius 1 is 1.20 bits per heavy atom. The average Bonchev–Trinajstić information content (AvgIpc) is 3.13. The molecule has 2 N–H and O–H groups in total. The summed E-state index contributed by atoms with van der Waals surface area (Å²) in [4.78, 5) is 9.52. The molecule has 6 nitrogen and oxygen atoms in total. The standard InChI is InChI=1S/C18H27N5OS/c1-12(2)10-23-15(11-22-8-5-9-25(22)24)21-16-17(23)13-6-3-4-7-14(13)20-18(16)19/h12H,3-11H2,1-2H3,(H2,19,20). The van der Waals surface area contributed by atoms with Gasteiger partial charge >= 0.3 is 0 Å². The Bertz CT molecular complexity index is 829. The second kappa shape index (κ2) is 6.68. The Balaban J connectivity index is 1.87. The summed E-state index contributed by atoms with van der Waals surface area (Å²) in [7, 11) is -0.878. The number of hydrogen-bond acceptors (Lipinski definition) is 4. The van der Waals surface area contributed by atoms with Crippen LogP contribution in [0, 0.1) is 5.92 Å². The molecule has 0 saturated carbocycles. The topological polar surface area (TPSA) is 77.0 Å². The zero-order chi connectivity index (χ0) is 17.6. The Hall–Kier alpha value is -1.47. The fourth-order valence-corrected chi connectivity index (χ4v) is 5.26. The highest BCUT2D eigenvalue weighted by molar-refractivity contribution is 7.82. The molecule has 4 rings (SSSR count). The molecule has 0 spiro atoms. The number of aryl methyl sites for hydroxylation is 2. The number of nitrogens with zero attached hydrogens (tertiary/aromatic N) is 4. The first-order chi connectivity index (χ1) is 12.0. The molecule has 2 aliphatic rings. The molecular formula is C18H27N5OS. The fraction of sp³-hybridized carbons (Fsp3) is 0.667. The number of nitrogen functional groups attached to an aromatic ring is 1. The van der Waals surface area contributed by atoms with E-state index in [1.807, 2.05) is 4.31 Å². The van der Waals surface area contributed by atoms with E-state index in [4.69, 9.17) is 10.7 Å². The zero-order valence-electron chi connectivity index (χ0n) is 15.1. The number of pyridine rings is 1. The molecule has 1 aliphatic heterocycles. The van der Waals surface area contributed by atoms with Crippen LogP contribution in [0.25, 0.3) is 11.0 Å². The Morgan fingerprint density at radius 3 is 2.72 bits per heavy atom. The molecule has 1 aliphatic carbocycles. The predicted molar refractivity (Wildman–Crippen MR) is 101 cm³/mol. The molecule has 2 aromatic rings. The fourth-order valence-electron chi connectivity index (χ4n) is 4.04. The van der Waals surface area contributed by atoms with Crippen molar-refractivity contribution >= 4 is 27.8 Å². The molecule has 0 aromatic carbocycles. The third kappa shape index (κ3) is 3.08. The van der Waals surface area contributed by atoms with E-state index in [0.29, 0.717) is 18.3 Å². The van der Waals surface area contributed by atoms with E-state index in [2.05, 4.69) is 23.4 Å². The van der Waals surface area contributed by atoms with E-state index in [0.717, 1.165) is 55.1 Å². The van der Waals surface area contributed by atoms with Crippen molar-refractivity contribution in [2.45, 2.75) is 59.0 Å². The van der Waals surface area contributed by atoms with Crippen LogP contribution in [0.5, 0.6) is 0 Å². The Labute approximate surface area is 151 Å². The molecule has 0 bridgehead atoms. The molecule has 1 saturated heterocycles. The van der Waals surface area contributed by atoms with Gasteiger partial charge in [0.2, 0.25) is 0 Å². The van der Waals surface area contributed by atoms with Crippen LogP contribution in [0.3, 0.4) is 0 Å². The molecule has 3 heterocycles. The van der Waals surface area contributed by atoms with Crippen molar-refractivity contribution in [3.05, 3.63) is 17.1 Å². The summed E-state index contributed by atoms with van der Waals surface area (Å²) in [6.45, 7) is 6.86. The lowest BCUT2D eigenvalue weighted by molar-refractivity contribution is 0.431. The van der Waals surface area contributed by atoms with Gasteiger partial charge in [-0.2, -0.15) is 0 Å². The predicted octanol–water partition coefficient (Wildman–Crippen LogP) is 2.42. The SMILES string of the molecule is CC(C)Cn1c(CN2CCCS2=O)nc2c(N)nc3c(c21)CCCC3. The average molecular weight is 362 g/mol. The Morgan fingerprint density at radius 2 is 2.00 bits per heavy atom. The summed E-state index contributed by atoms with van der Waals surface area (Å²) in [5, 5.41) is 0. The van der Waals surface area contributed by atoms with Crippen LogP contribution in [0.4, 0.5) is 5.82 Å². The van der Waals surface area contributed by atoms with Crippen molar-refractivity contribution in [1.29, 1.82) is 0 Å². The lowest BCUT2D eigenvalue weighted by Gasteiger charge is -2.20. The lowest BCUT2D eigenvalue weighted by Crippen LogP contribution is -2.23. The van der Waals surface area contributed by atoms with E-state index in [1.54, 1.807) is 0 Å². The van der Waals surface area contributed by atoms with E-state index < -0.39 is 11.0 Å². The first kappa shape index (κ1) is 17.0. The smallest absolute Gasteiger partial charge is 0.151 e. The maximum atomic E-state index is 12.2. The molecule has 136 valence electrons. The maximum absolute atomic E-state index is 12.2. The third-order valence-corrected chi connectivity index (χ3v) is 6.67. The number of fused-ring (bicyclic) bond motifs is 3. The highest BCUT2D eigenvalue weighted by Crippen LogP contribution is 2.32. The highest BCUT2D eigenvalue weighted by Gasteiger charge is 2.26. The third-order valence-electron chi connectivity index (χ3n) is 5.15. The summed E-state index contributed by atoms with van der Waals surface area (Å²) in [6, 6.07) is 0. The normalized spacial score (nSPS) is 21.3. The number of nitrogens with two attached hydrogens (primary N) is 1. The number of imidazole rings is 1. The maximum Gasteiger partial charge on any atom is 0.151 e. The van der Waals surface area contributed by atoms with Gasteiger partial charge in [0.15, 0.2) is 5.82 Å². The summed E-state index contributed by atoms with van der Waals surface area (Å²) in [5.41, 5.74) is 10.8. The van der Waals surface area contributed by atoms with Gasteiger partial charge in [0, 0.05) is 24.5 Å². The van der Waals surface area contributed by atoms with Crippen LogP contribution >= 0.6 is 0 Å². The molecule has 1 atom stereocenters. The number of anilines is 1. The van der Waals surface area contributed by atoms with E-state index in [-0.39, 0.29) is 0 Å². The minimum absolute atomic E-state index is 0.508. The van der Waals surface area contributed by atoms with Crippen molar-refractivity contribution in [3.63, 3.8) is 0 Å². The molecule has 1 unspecified atom stereocenters. The van der Waals surface area contributed by atoms with Crippen molar-refractivity contribution < 1.29 is 4.21 Å². The first-order valence-corrected chi connectivity index (χ1v) is 10.6. The van der Waals surface area contributed by atoms with Crippen LogP contribution in [0.2, 0.25) is 0 Å². The van der Waals surface area contributed by atoms with Crippen molar-refractivity contribution in [2.75, 3.05) is 18.0 Å². The van der Waals surface area contributed by atoms with Gasteiger partial charge in [-0.05, 0) is 43.6 Å². The monoisotopic (exact) mass is 361 g/mol. The summed E-state index contributed by atoms with van der Waals surface area (Å²) in [5.74, 6) is 2.80. The summed E-state index contributed by atoms with van der Waals surface area (Å²) in [6.07, 6.45) is 5.44. The number of aromatic nitrogens is 3. The zero-order valence-corrected chi connectivity index (χ0v) is 15.9. The quantitative estimate of drug-likeness (QED) is 0.907. The van der Waals surface area contributed by atoms with Gasteiger partial charge < -0.3 is 10.3 Å². The van der Waals surface area contributed by atoms with Crippen LogP contribution < -0.4 is 5.73 Å². The molecule has 2 aromatic heterocycles. The van der Waals surface area contributed by atoms with Gasteiger partial charge in [-0.3, -0.25) is 0 Å². The number of rotatable bonds is 4. The van der Waals surface area contributed by atoms with Gasteiger partial charge in [-0.15, -0.1) is 0 Å². The second-order valence-electron chi connectivity index (χ2n) is 7.60. The highest BCUT2D eigenvalue weighted by atomic mass is 32.2. The van der Waals surface area contributed by atoms with Crippen molar-refractivity contribution in [3.8, 4) is 0 Å². The summed E-state index contributed by atoms with van der Waals surface area (Å²) >= 11 is 0. The van der Waals surface area contributed by atoms with Gasteiger partial charge in [0.05, 0.1) is 23.0 Å². The number of hydrogen-bond donors (Lipinski definition) is 1. The van der Waals surface area contributed by atoms with E-state index in [1.165, 1.54) is 23.9 Å². The van der Waals surface area contributed by atoms with Gasteiger partial charge in [0.1, 0.15) is 11.3 Å². The van der Waals surface area contributed by atoms with Crippen LogP contribution in [0.1, 0.15) is 50.2 Å². The first-order valence-electron chi connectivity index (χ1n) is 9.34. The van der Waals surface area contributed by atoms with Crippen LogP contribution in [-0.4, -0.2) is 35.3 Å². The van der Waals surface area contributed by atoms with E-state index in [9.17, 15) is 4.21 Å². The lowest BCUT2D eigenvalue weighted by atomic mass is 9.94. The molecule has 1 fully saturated rings. The van der Waals surface area contributed by atoms with Crippen molar-refractivity contribution in [1.82, 2.24) is 18.8 Å². The van der Waals surface area contributed by atoms with Gasteiger partial charge in [0.25, 0.3) is 0 Å².